The van der Waals surface area contributed by atoms with Crippen LogP contribution in [0.4, 0.5) is 0 Å². The third-order valence-corrected chi connectivity index (χ3v) is 3.39. The van der Waals surface area contributed by atoms with Crippen LogP contribution < -0.4 is 4.74 Å². The van der Waals surface area contributed by atoms with E-state index in [1.165, 1.54) is 0 Å². The number of benzene rings is 2. The van der Waals surface area contributed by atoms with Gasteiger partial charge in [0.15, 0.2) is 6.10 Å². The van der Waals surface area contributed by atoms with E-state index in [1.807, 2.05) is 31.2 Å². The van der Waals surface area contributed by atoms with Gasteiger partial charge in [-0.1, -0.05) is 41.9 Å². The molecule has 0 spiro atoms. The van der Waals surface area contributed by atoms with Crippen LogP contribution in [-0.2, 0) is 6.61 Å². The molecule has 0 bridgehead atoms. The average molecular weight is 288 g/mol. The van der Waals surface area contributed by atoms with Crippen LogP contribution in [0.25, 0.3) is 0 Å². The minimum Gasteiger partial charge on any atom is -0.489 e. The van der Waals surface area contributed by atoms with E-state index < -0.39 is 6.10 Å². The first kappa shape index (κ1) is 14.4. The number of aliphatic hydroxyl groups is 1. The number of hydrogen-bond donors (Lipinski definition) is 1. The molecular formula is C16H14ClNO2. The Balaban J connectivity index is 2.26. The van der Waals surface area contributed by atoms with Crippen molar-refractivity contribution in [3.05, 3.63) is 64.2 Å². The zero-order valence-electron chi connectivity index (χ0n) is 11.0. The van der Waals surface area contributed by atoms with Crippen LogP contribution in [0.5, 0.6) is 5.75 Å². The Labute approximate surface area is 123 Å². The summed E-state index contributed by atoms with van der Waals surface area (Å²) in [7, 11) is 0. The highest BCUT2D eigenvalue weighted by molar-refractivity contribution is 6.31. The number of hydrogen-bond acceptors (Lipinski definition) is 3. The minimum atomic E-state index is -1.20. The molecule has 0 heterocycles. The number of aryl methyl sites for hydroxylation is 1. The fourth-order valence-corrected chi connectivity index (χ4v) is 2.16. The second kappa shape index (κ2) is 6.42. The van der Waals surface area contributed by atoms with Gasteiger partial charge in [-0.15, -0.1) is 0 Å². The Morgan fingerprint density at radius 2 is 2.00 bits per heavy atom. The van der Waals surface area contributed by atoms with Crippen molar-refractivity contribution in [3.8, 4) is 11.8 Å². The molecule has 0 saturated carbocycles. The van der Waals surface area contributed by atoms with Gasteiger partial charge < -0.3 is 9.84 Å². The summed E-state index contributed by atoms with van der Waals surface area (Å²) in [5.74, 6) is 0.754. The smallest absolute Gasteiger partial charge is 0.166 e. The molecule has 0 aliphatic carbocycles. The van der Waals surface area contributed by atoms with Crippen molar-refractivity contribution in [1.29, 1.82) is 5.26 Å². The Morgan fingerprint density at radius 1 is 1.25 bits per heavy atom. The fraction of sp³-hybridized carbons (Fsp3) is 0.188. The molecule has 0 saturated heterocycles. The molecule has 2 aromatic carbocycles. The molecule has 0 fully saturated rings. The van der Waals surface area contributed by atoms with Crippen LogP contribution in [0.2, 0.25) is 5.02 Å². The predicted molar refractivity (Wildman–Crippen MR) is 77.5 cm³/mol. The lowest BCUT2D eigenvalue weighted by Gasteiger charge is -2.14. The SMILES string of the molecule is Cc1ccccc1OCc1c(Cl)cccc1C(O)C#N. The van der Waals surface area contributed by atoms with Crippen LogP contribution in [0.3, 0.4) is 0 Å². The lowest BCUT2D eigenvalue weighted by molar-refractivity contribution is 0.229. The topological polar surface area (TPSA) is 53.2 Å². The Kier molecular flexibility index (Phi) is 4.62. The molecule has 3 nitrogen and oxygen atoms in total. The molecule has 0 aromatic heterocycles. The second-order valence-electron chi connectivity index (χ2n) is 4.39. The van der Waals surface area contributed by atoms with E-state index in [0.29, 0.717) is 16.1 Å². The first-order valence-corrected chi connectivity index (χ1v) is 6.54. The highest BCUT2D eigenvalue weighted by atomic mass is 35.5. The lowest BCUT2D eigenvalue weighted by atomic mass is 10.0. The van der Waals surface area contributed by atoms with Gasteiger partial charge in [0, 0.05) is 16.1 Å². The van der Waals surface area contributed by atoms with Gasteiger partial charge in [-0.25, -0.2) is 0 Å². The number of nitrogens with zero attached hydrogens (tertiary/aromatic N) is 1. The number of halogens is 1. The highest BCUT2D eigenvalue weighted by Gasteiger charge is 2.15. The first-order valence-electron chi connectivity index (χ1n) is 6.17. The quantitative estimate of drug-likeness (QED) is 0.871. The number of rotatable bonds is 4. The molecule has 20 heavy (non-hydrogen) atoms. The van der Waals surface area contributed by atoms with Gasteiger partial charge >= 0.3 is 0 Å². The van der Waals surface area contributed by atoms with Crippen molar-refractivity contribution in [2.75, 3.05) is 0 Å². The summed E-state index contributed by atoms with van der Waals surface area (Å²) >= 11 is 6.14. The van der Waals surface area contributed by atoms with Crippen LogP contribution in [0.15, 0.2) is 42.5 Å². The maximum absolute atomic E-state index is 9.71. The number of ether oxygens (including phenoxy) is 1. The van der Waals surface area contributed by atoms with Crippen LogP contribution in [0, 0.1) is 18.3 Å². The molecule has 0 amide bonds. The van der Waals surface area contributed by atoms with Gasteiger partial charge in [-0.05, 0) is 24.6 Å². The summed E-state index contributed by atoms with van der Waals surface area (Å²) in [6, 6.07) is 14.5. The zero-order chi connectivity index (χ0) is 14.5. The van der Waals surface area contributed by atoms with Crippen molar-refractivity contribution in [2.24, 2.45) is 0 Å². The number of aliphatic hydroxyl groups excluding tert-OH is 1. The van der Waals surface area contributed by atoms with Gasteiger partial charge in [-0.2, -0.15) is 5.26 Å². The van der Waals surface area contributed by atoms with Gasteiger partial charge in [-0.3, -0.25) is 0 Å². The third-order valence-electron chi connectivity index (χ3n) is 3.04. The predicted octanol–water partition coefficient (Wildman–Crippen LogP) is 3.78. The van der Waals surface area contributed by atoms with E-state index in [-0.39, 0.29) is 6.61 Å². The van der Waals surface area contributed by atoms with E-state index >= 15 is 0 Å². The Morgan fingerprint density at radius 3 is 2.70 bits per heavy atom. The molecule has 2 aromatic rings. The van der Waals surface area contributed by atoms with Crippen LogP contribution in [-0.4, -0.2) is 5.11 Å². The van der Waals surface area contributed by atoms with Gasteiger partial charge in [0.05, 0.1) is 6.07 Å². The van der Waals surface area contributed by atoms with E-state index in [1.54, 1.807) is 24.3 Å². The molecule has 0 aliphatic heterocycles. The Hall–Kier alpha value is -2.02. The van der Waals surface area contributed by atoms with E-state index in [9.17, 15) is 5.11 Å². The van der Waals surface area contributed by atoms with Crippen molar-refractivity contribution < 1.29 is 9.84 Å². The summed E-state index contributed by atoms with van der Waals surface area (Å²) in [6.45, 7) is 2.16. The molecule has 1 N–H and O–H groups in total. The number of nitriles is 1. The summed E-state index contributed by atoms with van der Waals surface area (Å²) in [4.78, 5) is 0. The largest absolute Gasteiger partial charge is 0.489 e. The molecule has 1 unspecified atom stereocenters. The van der Waals surface area contributed by atoms with Gasteiger partial charge in [0.25, 0.3) is 0 Å². The highest BCUT2D eigenvalue weighted by Crippen LogP contribution is 2.27. The first-order chi connectivity index (χ1) is 9.63. The normalized spacial score (nSPS) is 11.7. The fourth-order valence-electron chi connectivity index (χ4n) is 1.92. The van der Waals surface area contributed by atoms with Crippen molar-refractivity contribution in [2.45, 2.75) is 19.6 Å². The van der Waals surface area contributed by atoms with E-state index in [2.05, 4.69) is 0 Å². The monoisotopic (exact) mass is 287 g/mol. The maximum atomic E-state index is 9.71. The molecule has 1 atom stereocenters. The molecule has 0 aliphatic rings. The second-order valence-corrected chi connectivity index (χ2v) is 4.80. The van der Waals surface area contributed by atoms with Crippen molar-refractivity contribution in [3.63, 3.8) is 0 Å². The van der Waals surface area contributed by atoms with Crippen molar-refractivity contribution in [1.82, 2.24) is 0 Å². The van der Waals surface area contributed by atoms with Crippen molar-refractivity contribution >= 4 is 11.6 Å². The van der Waals surface area contributed by atoms with E-state index in [0.717, 1.165) is 11.3 Å². The summed E-state index contributed by atoms with van der Waals surface area (Å²) < 4.78 is 5.73. The minimum absolute atomic E-state index is 0.207. The molecule has 4 heteroatoms. The van der Waals surface area contributed by atoms with Gasteiger partial charge in [0.2, 0.25) is 0 Å². The molecular weight excluding hydrogens is 274 g/mol. The lowest BCUT2D eigenvalue weighted by Crippen LogP contribution is -2.05. The number of para-hydroxylation sites is 1. The standard InChI is InChI=1S/C16H14ClNO2/c1-11-5-2-3-8-16(11)20-10-13-12(15(19)9-18)6-4-7-14(13)17/h2-8,15,19H,10H2,1H3. The molecule has 0 radical (unpaired) electrons. The van der Waals surface area contributed by atoms with E-state index in [4.69, 9.17) is 21.6 Å². The summed E-state index contributed by atoms with van der Waals surface area (Å²) in [6.07, 6.45) is -1.20. The Bertz CT molecular complexity index is 649. The molecule has 2 rings (SSSR count). The van der Waals surface area contributed by atoms with Crippen LogP contribution >= 0.6 is 11.6 Å². The summed E-state index contributed by atoms with van der Waals surface area (Å²) in [5, 5.41) is 19.0. The van der Waals surface area contributed by atoms with Gasteiger partial charge in [0.1, 0.15) is 12.4 Å². The van der Waals surface area contributed by atoms with Crippen LogP contribution in [0.1, 0.15) is 22.8 Å². The third kappa shape index (κ3) is 3.11. The summed E-state index contributed by atoms with van der Waals surface area (Å²) in [5.41, 5.74) is 2.13. The molecule has 102 valence electrons. The maximum Gasteiger partial charge on any atom is 0.166 e. The zero-order valence-corrected chi connectivity index (χ0v) is 11.8. The average Bonchev–Trinajstić information content (AvgIpc) is 2.46.